The zero-order valence-electron chi connectivity index (χ0n) is 18.6. The minimum absolute atomic E-state index is 0.0147. The van der Waals surface area contributed by atoms with Gasteiger partial charge in [-0.3, -0.25) is 0 Å². The maximum Gasteiger partial charge on any atom is 0.338 e. The predicted octanol–water partition coefficient (Wildman–Crippen LogP) is 5.04. The quantitative estimate of drug-likeness (QED) is 0.417. The van der Waals surface area contributed by atoms with Gasteiger partial charge in [-0.1, -0.05) is 29.3 Å². The lowest BCUT2D eigenvalue weighted by Gasteiger charge is -2.28. The molecule has 2 aromatic carbocycles. The van der Waals surface area contributed by atoms with Crippen molar-refractivity contribution in [1.29, 1.82) is 0 Å². The molecule has 9 heteroatoms. The van der Waals surface area contributed by atoms with Crippen molar-refractivity contribution in [3.05, 3.63) is 81.0 Å². The van der Waals surface area contributed by atoms with Crippen LogP contribution in [0.2, 0.25) is 5.02 Å². The molecule has 2 amide bonds. The number of hydrogen-bond donors (Lipinski definition) is 2. The summed E-state index contributed by atoms with van der Waals surface area (Å²) in [4.78, 5) is 23.1. The molecular formula is C24H24ClFN6O. The van der Waals surface area contributed by atoms with Crippen LogP contribution in [0, 0.1) is 26.6 Å². The Morgan fingerprint density at radius 3 is 2.67 bits per heavy atom. The average Bonchev–Trinajstić information content (AvgIpc) is 2.78. The molecule has 33 heavy (non-hydrogen) atoms. The van der Waals surface area contributed by atoms with Crippen LogP contribution in [-0.2, 0) is 13.0 Å². The number of halogens is 2. The minimum Gasteiger partial charge on any atom is -0.340 e. The zero-order chi connectivity index (χ0) is 23.5. The highest BCUT2D eigenvalue weighted by molar-refractivity contribution is 6.31. The fourth-order valence-corrected chi connectivity index (χ4v) is 4.13. The molecule has 3 aromatic rings. The standard InChI is InChI=1S/C24H24ClFN6O/c1-14-8-15(2)18(16(3)9-14)11-29-31-24(33)32-7-6-22-19(12-32)23(28-13-27-22)30-17-4-5-21(26)20(25)10-17/h4-5,8-11,13H,6-7,12H2,1-3H3,(H,31,33)(H,27,28,30)/b29-11+. The molecule has 0 spiro atoms. The lowest BCUT2D eigenvalue weighted by Crippen LogP contribution is -2.41. The smallest absolute Gasteiger partial charge is 0.338 e. The average molecular weight is 467 g/mol. The Morgan fingerprint density at radius 2 is 1.94 bits per heavy atom. The van der Waals surface area contributed by atoms with Crippen molar-refractivity contribution in [2.45, 2.75) is 33.7 Å². The van der Waals surface area contributed by atoms with Crippen molar-refractivity contribution in [3.8, 4) is 0 Å². The number of hydrogen-bond acceptors (Lipinski definition) is 5. The largest absolute Gasteiger partial charge is 0.340 e. The Morgan fingerprint density at radius 1 is 1.18 bits per heavy atom. The van der Waals surface area contributed by atoms with Crippen molar-refractivity contribution >= 4 is 35.4 Å². The summed E-state index contributed by atoms with van der Waals surface area (Å²) in [6, 6.07) is 8.21. The Hall–Kier alpha value is -3.52. The number of benzene rings is 2. The van der Waals surface area contributed by atoms with Gasteiger partial charge in [0, 0.05) is 29.8 Å². The highest BCUT2D eigenvalue weighted by Crippen LogP contribution is 2.27. The van der Waals surface area contributed by atoms with E-state index in [1.807, 2.05) is 20.8 Å². The molecule has 0 atom stereocenters. The Labute approximate surface area is 196 Å². The highest BCUT2D eigenvalue weighted by atomic mass is 35.5. The number of nitrogens with zero attached hydrogens (tertiary/aromatic N) is 4. The first-order valence-electron chi connectivity index (χ1n) is 10.5. The fraction of sp³-hybridized carbons (Fsp3) is 0.250. The molecule has 2 heterocycles. The molecule has 0 fully saturated rings. The molecule has 0 saturated carbocycles. The van der Waals surface area contributed by atoms with Gasteiger partial charge in [0.2, 0.25) is 0 Å². The number of hydrazone groups is 1. The van der Waals surface area contributed by atoms with E-state index in [0.717, 1.165) is 27.9 Å². The summed E-state index contributed by atoms with van der Waals surface area (Å²) < 4.78 is 13.5. The van der Waals surface area contributed by atoms with E-state index in [1.165, 1.54) is 24.0 Å². The molecule has 0 unspecified atom stereocenters. The first-order valence-corrected chi connectivity index (χ1v) is 10.9. The van der Waals surface area contributed by atoms with Crippen molar-refractivity contribution in [1.82, 2.24) is 20.3 Å². The molecule has 7 nitrogen and oxygen atoms in total. The van der Waals surface area contributed by atoms with Crippen LogP contribution in [0.5, 0.6) is 0 Å². The van der Waals surface area contributed by atoms with Crippen molar-refractivity contribution < 1.29 is 9.18 Å². The zero-order valence-corrected chi connectivity index (χ0v) is 19.4. The molecule has 1 aliphatic rings. The highest BCUT2D eigenvalue weighted by Gasteiger charge is 2.24. The number of carbonyl (C=O) groups is 1. The molecule has 0 saturated heterocycles. The number of nitrogens with one attached hydrogen (secondary N) is 2. The van der Waals surface area contributed by atoms with Crippen LogP contribution in [0.4, 0.5) is 20.7 Å². The van der Waals surface area contributed by atoms with Gasteiger partial charge in [0.25, 0.3) is 0 Å². The van der Waals surface area contributed by atoms with Gasteiger partial charge in [0.15, 0.2) is 0 Å². The van der Waals surface area contributed by atoms with Crippen LogP contribution >= 0.6 is 11.6 Å². The molecular weight excluding hydrogens is 443 g/mol. The molecule has 0 radical (unpaired) electrons. The predicted molar refractivity (Wildman–Crippen MR) is 128 cm³/mol. The van der Waals surface area contributed by atoms with Gasteiger partial charge in [-0.05, 0) is 50.1 Å². The summed E-state index contributed by atoms with van der Waals surface area (Å²) in [6.45, 7) is 6.92. The van der Waals surface area contributed by atoms with Crippen LogP contribution in [-0.4, -0.2) is 33.7 Å². The third-order valence-electron chi connectivity index (χ3n) is 5.56. The third kappa shape index (κ3) is 5.12. The van der Waals surface area contributed by atoms with Gasteiger partial charge in [0.1, 0.15) is 18.0 Å². The number of anilines is 2. The van der Waals surface area contributed by atoms with Crippen LogP contribution in [0.15, 0.2) is 41.8 Å². The van der Waals surface area contributed by atoms with Gasteiger partial charge in [0.05, 0.1) is 23.5 Å². The number of aromatic nitrogens is 2. The van der Waals surface area contributed by atoms with Crippen LogP contribution in [0.1, 0.15) is 33.5 Å². The summed E-state index contributed by atoms with van der Waals surface area (Å²) in [5.74, 6) is 0.0564. The van der Waals surface area contributed by atoms with Gasteiger partial charge >= 0.3 is 6.03 Å². The summed E-state index contributed by atoms with van der Waals surface area (Å²) in [7, 11) is 0. The Balaban J connectivity index is 1.47. The molecule has 0 bridgehead atoms. The fourth-order valence-electron chi connectivity index (χ4n) is 3.95. The van der Waals surface area contributed by atoms with Crippen LogP contribution < -0.4 is 10.7 Å². The first kappa shape index (κ1) is 22.7. The van der Waals surface area contributed by atoms with E-state index >= 15 is 0 Å². The van der Waals surface area contributed by atoms with E-state index in [4.69, 9.17) is 11.6 Å². The minimum atomic E-state index is -0.494. The molecule has 2 N–H and O–H groups in total. The molecule has 1 aromatic heterocycles. The number of rotatable bonds is 4. The first-order chi connectivity index (χ1) is 15.8. The topological polar surface area (TPSA) is 82.5 Å². The Kier molecular flexibility index (Phi) is 6.55. The maximum absolute atomic E-state index is 13.5. The monoisotopic (exact) mass is 466 g/mol. The van der Waals surface area contributed by atoms with E-state index in [0.29, 0.717) is 31.0 Å². The lowest BCUT2D eigenvalue weighted by molar-refractivity contribution is 0.192. The summed E-state index contributed by atoms with van der Waals surface area (Å²) in [5, 5.41) is 7.33. The molecule has 1 aliphatic heterocycles. The number of fused-ring (bicyclic) bond motifs is 1. The van der Waals surface area contributed by atoms with Crippen molar-refractivity contribution in [2.75, 3.05) is 11.9 Å². The van der Waals surface area contributed by atoms with E-state index in [9.17, 15) is 9.18 Å². The molecule has 0 aliphatic carbocycles. The van der Waals surface area contributed by atoms with E-state index < -0.39 is 5.82 Å². The van der Waals surface area contributed by atoms with Gasteiger partial charge in [-0.2, -0.15) is 5.10 Å². The second kappa shape index (κ2) is 9.54. The summed E-state index contributed by atoms with van der Waals surface area (Å²) >= 11 is 5.89. The Bertz CT molecular complexity index is 1220. The third-order valence-corrected chi connectivity index (χ3v) is 5.85. The van der Waals surface area contributed by atoms with Crippen molar-refractivity contribution in [3.63, 3.8) is 0 Å². The lowest BCUT2D eigenvalue weighted by atomic mass is 10.0. The molecule has 4 rings (SSSR count). The van der Waals surface area contributed by atoms with Crippen molar-refractivity contribution in [2.24, 2.45) is 5.10 Å². The van der Waals surface area contributed by atoms with E-state index in [1.54, 1.807) is 17.2 Å². The normalized spacial score (nSPS) is 13.2. The number of carbonyl (C=O) groups excluding carboxylic acids is 1. The van der Waals surface area contributed by atoms with Gasteiger partial charge in [-0.25, -0.2) is 24.6 Å². The van der Waals surface area contributed by atoms with E-state index in [-0.39, 0.29) is 11.1 Å². The van der Waals surface area contributed by atoms with Crippen LogP contribution in [0.3, 0.4) is 0 Å². The SMILES string of the molecule is Cc1cc(C)c(/C=N/NC(=O)N2CCc3ncnc(Nc4ccc(F)c(Cl)c4)c3C2)c(C)c1. The summed E-state index contributed by atoms with van der Waals surface area (Å²) in [6.07, 6.45) is 3.73. The van der Waals surface area contributed by atoms with Gasteiger partial charge < -0.3 is 10.2 Å². The van der Waals surface area contributed by atoms with E-state index in [2.05, 4.69) is 37.9 Å². The number of aryl methyl sites for hydroxylation is 3. The van der Waals surface area contributed by atoms with Crippen LogP contribution in [0.25, 0.3) is 0 Å². The maximum atomic E-state index is 13.5. The second-order valence-electron chi connectivity index (χ2n) is 8.06. The number of urea groups is 1. The second-order valence-corrected chi connectivity index (χ2v) is 8.47. The van der Waals surface area contributed by atoms with Gasteiger partial charge in [-0.15, -0.1) is 0 Å². The summed E-state index contributed by atoms with van der Waals surface area (Å²) in [5.41, 5.74) is 9.26. The molecule has 170 valence electrons. The number of amides is 2.